The van der Waals surface area contributed by atoms with Gasteiger partial charge in [0.2, 0.25) is 0 Å². The molecule has 0 unspecified atom stereocenters. The van der Waals surface area contributed by atoms with Crippen LogP contribution in [0.1, 0.15) is 32.0 Å². The summed E-state index contributed by atoms with van der Waals surface area (Å²) in [5, 5.41) is 2.68. The SMILES string of the molecule is Cc1coc(C)c1C(=O)Nc1ccccc1C(N)=O. The van der Waals surface area contributed by atoms with E-state index < -0.39 is 5.91 Å². The minimum Gasteiger partial charge on any atom is -0.469 e. The van der Waals surface area contributed by atoms with Gasteiger partial charge >= 0.3 is 0 Å². The van der Waals surface area contributed by atoms with Gasteiger partial charge in [0, 0.05) is 5.56 Å². The highest BCUT2D eigenvalue weighted by Gasteiger charge is 2.17. The number of nitrogens with one attached hydrogen (secondary N) is 1. The van der Waals surface area contributed by atoms with Crippen LogP contribution in [0.15, 0.2) is 34.9 Å². The van der Waals surface area contributed by atoms with E-state index in [1.54, 1.807) is 38.1 Å². The number of rotatable bonds is 3. The van der Waals surface area contributed by atoms with Gasteiger partial charge in [0.25, 0.3) is 11.8 Å². The van der Waals surface area contributed by atoms with Gasteiger partial charge in [-0.15, -0.1) is 0 Å². The largest absolute Gasteiger partial charge is 0.469 e. The van der Waals surface area contributed by atoms with Gasteiger partial charge in [-0.05, 0) is 26.0 Å². The van der Waals surface area contributed by atoms with Gasteiger partial charge in [-0.1, -0.05) is 12.1 Å². The highest BCUT2D eigenvalue weighted by atomic mass is 16.3. The number of anilines is 1. The molecule has 0 spiro atoms. The van der Waals surface area contributed by atoms with Crippen molar-refractivity contribution in [2.24, 2.45) is 5.73 Å². The number of hydrogen-bond acceptors (Lipinski definition) is 3. The fourth-order valence-corrected chi connectivity index (χ4v) is 1.90. The van der Waals surface area contributed by atoms with E-state index in [2.05, 4.69) is 5.32 Å². The zero-order valence-electron chi connectivity index (χ0n) is 10.7. The lowest BCUT2D eigenvalue weighted by molar-refractivity contribution is 0.100. The van der Waals surface area contributed by atoms with Crippen molar-refractivity contribution in [3.05, 3.63) is 53.0 Å². The molecule has 0 fully saturated rings. The van der Waals surface area contributed by atoms with E-state index in [9.17, 15) is 9.59 Å². The smallest absolute Gasteiger partial charge is 0.259 e. The topological polar surface area (TPSA) is 85.3 Å². The summed E-state index contributed by atoms with van der Waals surface area (Å²) in [4.78, 5) is 23.4. The Morgan fingerprint density at radius 3 is 2.47 bits per heavy atom. The van der Waals surface area contributed by atoms with Crippen molar-refractivity contribution in [2.75, 3.05) is 5.32 Å². The number of benzene rings is 1. The van der Waals surface area contributed by atoms with Gasteiger partial charge < -0.3 is 15.5 Å². The summed E-state index contributed by atoms with van der Waals surface area (Å²) in [5.41, 5.74) is 7.14. The van der Waals surface area contributed by atoms with Crippen molar-refractivity contribution in [2.45, 2.75) is 13.8 Å². The maximum atomic E-state index is 12.2. The molecule has 0 saturated carbocycles. The average Bonchev–Trinajstić information content (AvgIpc) is 2.69. The molecule has 0 saturated heterocycles. The van der Waals surface area contributed by atoms with Crippen LogP contribution in [0.4, 0.5) is 5.69 Å². The maximum absolute atomic E-state index is 12.2. The third kappa shape index (κ3) is 2.49. The highest BCUT2D eigenvalue weighted by molar-refractivity contribution is 6.09. The van der Waals surface area contributed by atoms with Gasteiger partial charge in [-0.3, -0.25) is 9.59 Å². The number of primary amides is 1. The highest BCUT2D eigenvalue weighted by Crippen LogP contribution is 2.19. The van der Waals surface area contributed by atoms with Crippen LogP contribution < -0.4 is 11.1 Å². The number of carbonyl (C=O) groups excluding carboxylic acids is 2. The molecule has 2 aromatic rings. The lowest BCUT2D eigenvalue weighted by Gasteiger charge is -2.08. The molecule has 0 aliphatic rings. The second-order valence-electron chi connectivity index (χ2n) is 4.21. The first kappa shape index (κ1) is 12.9. The zero-order valence-corrected chi connectivity index (χ0v) is 10.7. The summed E-state index contributed by atoms with van der Waals surface area (Å²) in [6.07, 6.45) is 1.52. The number of carbonyl (C=O) groups is 2. The van der Waals surface area contributed by atoms with E-state index in [0.29, 0.717) is 17.0 Å². The number of para-hydroxylation sites is 1. The van der Waals surface area contributed by atoms with Crippen LogP contribution in [0.25, 0.3) is 0 Å². The predicted molar refractivity (Wildman–Crippen MR) is 71.1 cm³/mol. The monoisotopic (exact) mass is 258 g/mol. The fourth-order valence-electron chi connectivity index (χ4n) is 1.90. The Balaban J connectivity index is 2.32. The molecule has 0 aliphatic carbocycles. The fraction of sp³-hybridized carbons (Fsp3) is 0.143. The van der Waals surface area contributed by atoms with Crippen molar-refractivity contribution < 1.29 is 14.0 Å². The van der Waals surface area contributed by atoms with E-state index >= 15 is 0 Å². The van der Waals surface area contributed by atoms with Crippen molar-refractivity contribution in [3.63, 3.8) is 0 Å². The Kier molecular flexibility index (Phi) is 3.37. The average molecular weight is 258 g/mol. The molecule has 1 aromatic heterocycles. The maximum Gasteiger partial charge on any atom is 0.259 e. The van der Waals surface area contributed by atoms with Crippen LogP contribution in [0.3, 0.4) is 0 Å². The Labute approximate surface area is 110 Å². The molecule has 0 aliphatic heterocycles. The number of furan rings is 1. The first-order valence-electron chi connectivity index (χ1n) is 5.75. The number of hydrogen-bond donors (Lipinski definition) is 2. The van der Waals surface area contributed by atoms with Gasteiger partial charge in [-0.2, -0.15) is 0 Å². The molecular weight excluding hydrogens is 244 g/mol. The number of aryl methyl sites for hydroxylation is 2. The quantitative estimate of drug-likeness (QED) is 0.885. The third-order valence-electron chi connectivity index (χ3n) is 2.83. The molecule has 1 heterocycles. The molecular formula is C14H14N2O3. The standard InChI is InChI=1S/C14H14N2O3/c1-8-7-19-9(2)12(8)14(18)16-11-6-4-3-5-10(11)13(15)17/h3-7H,1-2H3,(H2,15,17)(H,16,18). The summed E-state index contributed by atoms with van der Waals surface area (Å²) < 4.78 is 5.18. The lowest BCUT2D eigenvalue weighted by atomic mass is 10.1. The summed E-state index contributed by atoms with van der Waals surface area (Å²) in [6, 6.07) is 6.59. The molecule has 5 heteroatoms. The summed E-state index contributed by atoms with van der Waals surface area (Å²) in [5.74, 6) is -0.374. The first-order valence-corrected chi connectivity index (χ1v) is 5.75. The third-order valence-corrected chi connectivity index (χ3v) is 2.83. The predicted octanol–water partition coefficient (Wildman–Crippen LogP) is 2.25. The minimum atomic E-state index is -0.587. The van der Waals surface area contributed by atoms with Gasteiger partial charge in [0.05, 0.1) is 23.1 Å². The Morgan fingerprint density at radius 1 is 1.21 bits per heavy atom. The Hall–Kier alpha value is -2.56. The molecule has 1 aromatic carbocycles. The van der Waals surface area contributed by atoms with E-state index in [0.717, 1.165) is 5.56 Å². The summed E-state index contributed by atoms with van der Waals surface area (Å²) in [6.45, 7) is 3.49. The lowest BCUT2D eigenvalue weighted by Crippen LogP contribution is -2.18. The number of nitrogens with two attached hydrogens (primary N) is 1. The molecule has 3 N–H and O–H groups in total. The van der Waals surface area contributed by atoms with E-state index in [1.165, 1.54) is 6.26 Å². The molecule has 98 valence electrons. The normalized spacial score (nSPS) is 10.2. The second kappa shape index (κ2) is 4.97. The molecule has 0 atom stereocenters. The van der Waals surface area contributed by atoms with Crippen molar-refractivity contribution in [1.82, 2.24) is 0 Å². The van der Waals surface area contributed by atoms with E-state index in [-0.39, 0.29) is 11.5 Å². The first-order chi connectivity index (χ1) is 9.00. The van der Waals surface area contributed by atoms with E-state index in [1.807, 2.05) is 0 Å². The van der Waals surface area contributed by atoms with Gasteiger partial charge in [0.15, 0.2) is 0 Å². The second-order valence-corrected chi connectivity index (χ2v) is 4.21. The molecule has 0 bridgehead atoms. The van der Waals surface area contributed by atoms with Crippen LogP contribution in [-0.2, 0) is 0 Å². The minimum absolute atomic E-state index is 0.273. The van der Waals surface area contributed by atoms with E-state index in [4.69, 9.17) is 10.2 Å². The Morgan fingerprint density at radius 2 is 1.89 bits per heavy atom. The van der Waals surface area contributed by atoms with Crippen molar-refractivity contribution >= 4 is 17.5 Å². The van der Waals surface area contributed by atoms with Crippen LogP contribution in [-0.4, -0.2) is 11.8 Å². The molecule has 2 amide bonds. The van der Waals surface area contributed by atoms with Gasteiger partial charge in [-0.25, -0.2) is 0 Å². The molecule has 0 radical (unpaired) electrons. The van der Waals surface area contributed by atoms with Crippen molar-refractivity contribution in [1.29, 1.82) is 0 Å². The molecule has 19 heavy (non-hydrogen) atoms. The van der Waals surface area contributed by atoms with Gasteiger partial charge in [0.1, 0.15) is 5.76 Å². The van der Waals surface area contributed by atoms with Crippen molar-refractivity contribution in [3.8, 4) is 0 Å². The van der Waals surface area contributed by atoms with Crippen LogP contribution in [0.2, 0.25) is 0 Å². The summed E-state index contributed by atoms with van der Waals surface area (Å²) in [7, 11) is 0. The number of amides is 2. The Bertz CT molecular complexity index is 624. The zero-order chi connectivity index (χ0) is 14.0. The van der Waals surface area contributed by atoms with Crippen LogP contribution >= 0.6 is 0 Å². The van der Waals surface area contributed by atoms with Crippen LogP contribution in [0.5, 0.6) is 0 Å². The molecule has 2 rings (SSSR count). The molecule has 5 nitrogen and oxygen atoms in total. The van der Waals surface area contributed by atoms with Crippen LogP contribution in [0, 0.1) is 13.8 Å². The summed E-state index contributed by atoms with van der Waals surface area (Å²) >= 11 is 0.